The minimum absolute atomic E-state index is 0.0447. The Morgan fingerprint density at radius 3 is 2.38 bits per heavy atom. The van der Waals surface area contributed by atoms with Crippen molar-refractivity contribution in [2.75, 3.05) is 0 Å². The van der Waals surface area contributed by atoms with Crippen LogP contribution in [0.1, 0.15) is 17.9 Å². The van der Waals surface area contributed by atoms with Gasteiger partial charge in [0.1, 0.15) is 5.69 Å². The molecule has 2 heterocycles. The van der Waals surface area contributed by atoms with Crippen molar-refractivity contribution in [1.82, 2.24) is 15.0 Å². The van der Waals surface area contributed by atoms with E-state index in [2.05, 4.69) is 15.0 Å². The first kappa shape index (κ1) is 10.8. The molecule has 0 aliphatic carbocycles. The van der Waals surface area contributed by atoms with Gasteiger partial charge in [0.05, 0.1) is 5.52 Å². The van der Waals surface area contributed by atoms with Crippen molar-refractivity contribution in [3.63, 3.8) is 0 Å². The molecule has 8 heteroatoms. The Morgan fingerprint density at radius 1 is 1.12 bits per heavy atom. The van der Waals surface area contributed by atoms with Gasteiger partial charge in [-0.25, -0.2) is 18.7 Å². The summed E-state index contributed by atoms with van der Waals surface area (Å²) >= 11 is 0. The quantitative estimate of drug-likeness (QED) is 0.774. The van der Waals surface area contributed by atoms with Gasteiger partial charge in [0.25, 0.3) is 6.43 Å². The van der Waals surface area contributed by atoms with E-state index in [1.54, 1.807) is 0 Å². The molecule has 3 nitrogen and oxygen atoms in total. The van der Waals surface area contributed by atoms with Crippen LogP contribution in [-0.4, -0.2) is 15.0 Å². The SMILES string of the molecule is FC(F)c1nc2nc(C(F)(F)F)ccc2[nH]1. The topological polar surface area (TPSA) is 41.6 Å². The maximum absolute atomic E-state index is 12.2. The Kier molecular flexibility index (Phi) is 2.28. The third-order valence-corrected chi connectivity index (χ3v) is 1.86. The molecule has 2 aromatic rings. The second kappa shape index (κ2) is 3.39. The van der Waals surface area contributed by atoms with E-state index in [4.69, 9.17) is 0 Å². The summed E-state index contributed by atoms with van der Waals surface area (Å²) < 4.78 is 61.1. The standard InChI is InChI=1S/C8H4F5N3/c9-5(10)7-14-3-1-2-4(8(11,12)13)15-6(3)16-7/h1-2,5H,(H,14,15,16). The first-order valence-electron chi connectivity index (χ1n) is 4.10. The Hall–Kier alpha value is -1.73. The molecule has 0 radical (unpaired) electrons. The summed E-state index contributed by atoms with van der Waals surface area (Å²) in [7, 11) is 0. The van der Waals surface area contributed by atoms with Crippen molar-refractivity contribution >= 4 is 11.2 Å². The van der Waals surface area contributed by atoms with Crippen LogP contribution in [-0.2, 0) is 6.18 Å². The van der Waals surface area contributed by atoms with Gasteiger partial charge in [-0.3, -0.25) is 0 Å². The van der Waals surface area contributed by atoms with Crippen LogP contribution in [0, 0.1) is 0 Å². The monoisotopic (exact) mass is 237 g/mol. The summed E-state index contributed by atoms with van der Waals surface area (Å²) in [5.41, 5.74) is -1.49. The van der Waals surface area contributed by atoms with Crippen molar-refractivity contribution in [1.29, 1.82) is 0 Å². The zero-order valence-corrected chi connectivity index (χ0v) is 7.52. The molecule has 2 aromatic heterocycles. The molecular formula is C8H4F5N3. The average molecular weight is 237 g/mol. The molecule has 0 saturated carbocycles. The van der Waals surface area contributed by atoms with Gasteiger partial charge in [-0.05, 0) is 12.1 Å². The molecule has 0 fully saturated rings. The molecule has 1 N–H and O–H groups in total. The van der Waals surface area contributed by atoms with Crippen LogP contribution >= 0.6 is 0 Å². The molecular weight excluding hydrogens is 233 g/mol. The number of rotatable bonds is 1. The summed E-state index contributed by atoms with van der Waals surface area (Å²) in [6.07, 6.45) is -7.48. The van der Waals surface area contributed by atoms with Gasteiger partial charge in [-0.2, -0.15) is 13.2 Å². The van der Waals surface area contributed by atoms with Crippen LogP contribution in [0.15, 0.2) is 12.1 Å². The molecule has 0 unspecified atom stereocenters. The second-order valence-electron chi connectivity index (χ2n) is 2.99. The number of alkyl halides is 5. The molecule has 0 aliphatic rings. The highest BCUT2D eigenvalue weighted by Gasteiger charge is 2.32. The number of halogens is 5. The highest BCUT2D eigenvalue weighted by Crippen LogP contribution is 2.29. The van der Waals surface area contributed by atoms with Gasteiger partial charge in [0, 0.05) is 0 Å². The van der Waals surface area contributed by atoms with E-state index in [1.165, 1.54) is 0 Å². The molecule has 16 heavy (non-hydrogen) atoms. The number of fused-ring (bicyclic) bond motifs is 1. The highest BCUT2D eigenvalue weighted by atomic mass is 19.4. The number of H-pyrrole nitrogens is 1. The van der Waals surface area contributed by atoms with Crippen LogP contribution in [0.5, 0.6) is 0 Å². The predicted octanol–water partition coefficient (Wildman–Crippen LogP) is 2.91. The summed E-state index contributed by atoms with van der Waals surface area (Å²) in [5.74, 6) is -0.693. The molecule has 0 aliphatic heterocycles. The Balaban J connectivity index is 2.54. The van der Waals surface area contributed by atoms with Crippen LogP contribution in [0.4, 0.5) is 22.0 Å². The number of hydrogen-bond donors (Lipinski definition) is 1. The first-order chi connectivity index (χ1) is 7.38. The summed E-state index contributed by atoms with van der Waals surface area (Å²) in [6.45, 7) is 0. The number of aromatic nitrogens is 3. The van der Waals surface area contributed by atoms with E-state index in [9.17, 15) is 22.0 Å². The summed E-state index contributed by atoms with van der Waals surface area (Å²) in [5, 5.41) is 0. The fourth-order valence-electron chi connectivity index (χ4n) is 1.17. The lowest BCUT2D eigenvalue weighted by atomic mass is 10.3. The summed E-state index contributed by atoms with van der Waals surface area (Å²) in [6, 6.07) is 1.72. The maximum atomic E-state index is 12.2. The normalized spacial score (nSPS) is 12.6. The molecule has 0 bridgehead atoms. The third-order valence-electron chi connectivity index (χ3n) is 1.86. The molecule has 2 rings (SSSR count). The van der Waals surface area contributed by atoms with Gasteiger partial charge >= 0.3 is 6.18 Å². The van der Waals surface area contributed by atoms with Crippen molar-refractivity contribution in [2.45, 2.75) is 12.6 Å². The number of imidazole rings is 1. The Bertz CT molecular complexity index is 516. The number of pyridine rings is 1. The van der Waals surface area contributed by atoms with Gasteiger partial charge in [0.15, 0.2) is 11.5 Å². The van der Waals surface area contributed by atoms with E-state index >= 15 is 0 Å². The smallest absolute Gasteiger partial charge is 0.336 e. The fraction of sp³-hybridized carbons (Fsp3) is 0.250. The Morgan fingerprint density at radius 2 is 1.81 bits per heavy atom. The maximum Gasteiger partial charge on any atom is 0.433 e. The number of hydrogen-bond acceptors (Lipinski definition) is 2. The van der Waals surface area contributed by atoms with Gasteiger partial charge in [-0.15, -0.1) is 0 Å². The van der Waals surface area contributed by atoms with E-state index in [0.29, 0.717) is 6.07 Å². The van der Waals surface area contributed by atoms with Crippen molar-refractivity contribution in [3.8, 4) is 0 Å². The summed E-state index contributed by atoms with van der Waals surface area (Å²) in [4.78, 5) is 8.60. The average Bonchev–Trinajstić information content (AvgIpc) is 2.58. The van der Waals surface area contributed by atoms with E-state index in [-0.39, 0.29) is 11.2 Å². The van der Waals surface area contributed by atoms with Gasteiger partial charge in [0.2, 0.25) is 0 Å². The van der Waals surface area contributed by atoms with Gasteiger partial charge in [-0.1, -0.05) is 0 Å². The lowest BCUT2D eigenvalue weighted by Gasteiger charge is -2.03. The van der Waals surface area contributed by atoms with Crippen molar-refractivity contribution in [3.05, 3.63) is 23.7 Å². The minimum Gasteiger partial charge on any atom is -0.336 e. The zero-order chi connectivity index (χ0) is 11.9. The largest absolute Gasteiger partial charge is 0.433 e. The van der Waals surface area contributed by atoms with E-state index in [0.717, 1.165) is 6.07 Å². The number of aromatic amines is 1. The molecule has 0 atom stereocenters. The molecule has 0 amide bonds. The lowest BCUT2D eigenvalue weighted by molar-refractivity contribution is -0.141. The molecule has 86 valence electrons. The molecule has 0 aromatic carbocycles. The molecule has 0 spiro atoms. The fourth-order valence-corrected chi connectivity index (χ4v) is 1.17. The predicted molar refractivity (Wildman–Crippen MR) is 43.8 cm³/mol. The Labute approximate surface area is 85.3 Å². The van der Waals surface area contributed by atoms with Gasteiger partial charge < -0.3 is 4.98 Å². The van der Waals surface area contributed by atoms with Crippen LogP contribution in [0.2, 0.25) is 0 Å². The number of nitrogens with zero attached hydrogens (tertiary/aromatic N) is 2. The zero-order valence-electron chi connectivity index (χ0n) is 7.52. The third kappa shape index (κ3) is 1.82. The van der Waals surface area contributed by atoms with Crippen LogP contribution in [0.25, 0.3) is 11.2 Å². The first-order valence-corrected chi connectivity index (χ1v) is 4.10. The van der Waals surface area contributed by atoms with Crippen LogP contribution in [0.3, 0.4) is 0 Å². The van der Waals surface area contributed by atoms with E-state index in [1.807, 2.05) is 0 Å². The van der Waals surface area contributed by atoms with Crippen LogP contribution < -0.4 is 0 Å². The highest BCUT2D eigenvalue weighted by molar-refractivity contribution is 5.70. The van der Waals surface area contributed by atoms with E-state index < -0.39 is 24.1 Å². The van der Waals surface area contributed by atoms with Crippen molar-refractivity contribution < 1.29 is 22.0 Å². The molecule has 0 saturated heterocycles. The lowest BCUT2D eigenvalue weighted by Crippen LogP contribution is -2.07. The second-order valence-corrected chi connectivity index (χ2v) is 2.99. The minimum atomic E-state index is -4.61. The van der Waals surface area contributed by atoms with Crippen molar-refractivity contribution in [2.24, 2.45) is 0 Å². The number of nitrogens with one attached hydrogen (secondary N) is 1.